The van der Waals surface area contributed by atoms with Gasteiger partial charge in [0.1, 0.15) is 28.5 Å². The number of carbonyl (C=O) groups excluding carboxylic acids is 1. The average molecular weight is 375 g/mol. The van der Waals surface area contributed by atoms with Crippen LogP contribution in [0.2, 0.25) is 0 Å². The Bertz CT molecular complexity index is 1140. The summed E-state index contributed by atoms with van der Waals surface area (Å²) >= 11 is 0. The molecule has 4 aromatic rings. The number of aromatic nitrogens is 4. The van der Waals surface area contributed by atoms with Crippen LogP contribution in [0.4, 0.5) is 5.69 Å². The Morgan fingerprint density at radius 1 is 1.04 bits per heavy atom. The molecule has 4 rings (SSSR count). The number of nitrogens with zero attached hydrogens (tertiary/aromatic N) is 3. The molecule has 2 N–H and O–H groups in total. The minimum Gasteiger partial charge on any atom is -0.497 e. The maximum absolute atomic E-state index is 12.8. The van der Waals surface area contributed by atoms with Gasteiger partial charge in [0.2, 0.25) is 0 Å². The first kappa shape index (κ1) is 17.5. The fourth-order valence-electron chi connectivity index (χ4n) is 2.82. The minimum atomic E-state index is -0.327. The number of hydrogen-bond donors (Lipinski definition) is 2. The van der Waals surface area contributed by atoms with Gasteiger partial charge >= 0.3 is 0 Å². The van der Waals surface area contributed by atoms with E-state index >= 15 is 0 Å². The fourth-order valence-corrected chi connectivity index (χ4v) is 2.82. The Hall–Kier alpha value is -3.94. The Balaban J connectivity index is 1.69. The molecule has 3 heterocycles. The highest BCUT2D eigenvalue weighted by Crippen LogP contribution is 2.26. The maximum atomic E-state index is 12.8. The normalized spacial score (nSPS) is 10.6. The number of ether oxygens (including phenoxy) is 2. The van der Waals surface area contributed by atoms with Crippen molar-refractivity contribution in [3.8, 4) is 22.9 Å². The summed E-state index contributed by atoms with van der Waals surface area (Å²) in [7, 11) is 3.15. The first-order valence-corrected chi connectivity index (χ1v) is 8.48. The molecule has 0 unspecified atom stereocenters. The van der Waals surface area contributed by atoms with Crippen LogP contribution in [0.3, 0.4) is 0 Å². The summed E-state index contributed by atoms with van der Waals surface area (Å²) in [5, 5.41) is 2.81. The summed E-state index contributed by atoms with van der Waals surface area (Å²) in [6.07, 6.45) is 4.68. The van der Waals surface area contributed by atoms with Crippen molar-refractivity contribution in [1.29, 1.82) is 0 Å². The number of hydrogen-bond acceptors (Lipinski definition) is 6. The van der Waals surface area contributed by atoms with Crippen LogP contribution in [0.15, 0.2) is 55.0 Å². The molecular formula is C20H17N5O3. The smallest absolute Gasteiger partial charge is 0.258 e. The van der Waals surface area contributed by atoms with Crippen LogP contribution in [0.5, 0.6) is 11.5 Å². The second-order valence-electron chi connectivity index (χ2n) is 5.90. The average Bonchev–Trinajstić information content (AvgIpc) is 3.18. The zero-order valence-electron chi connectivity index (χ0n) is 15.3. The number of benzene rings is 1. The lowest BCUT2D eigenvalue weighted by atomic mass is 10.2. The van der Waals surface area contributed by atoms with Gasteiger partial charge in [0.05, 0.1) is 26.0 Å². The van der Waals surface area contributed by atoms with Crippen LogP contribution in [0.25, 0.3) is 22.6 Å². The van der Waals surface area contributed by atoms with Crippen molar-refractivity contribution in [1.82, 2.24) is 19.9 Å². The lowest BCUT2D eigenvalue weighted by Crippen LogP contribution is -2.13. The quantitative estimate of drug-likeness (QED) is 0.555. The van der Waals surface area contributed by atoms with Crippen LogP contribution in [0, 0.1) is 0 Å². The molecule has 0 aliphatic heterocycles. The second kappa shape index (κ2) is 7.36. The van der Waals surface area contributed by atoms with Gasteiger partial charge in [-0.2, -0.15) is 0 Å². The predicted molar refractivity (Wildman–Crippen MR) is 105 cm³/mol. The van der Waals surface area contributed by atoms with E-state index in [-0.39, 0.29) is 5.91 Å². The number of imidazole rings is 1. The number of carbonyl (C=O) groups is 1. The molecule has 8 nitrogen and oxygen atoms in total. The van der Waals surface area contributed by atoms with Gasteiger partial charge in [0.15, 0.2) is 5.65 Å². The molecular weight excluding hydrogens is 358 g/mol. The van der Waals surface area contributed by atoms with Crippen molar-refractivity contribution in [2.45, 2.75) is 0 Å². The molecule has 1 aromatic carbocycles. The van der Waals surface area contributed by atoms with Gasteiger partial charge < -0.3 is 19.8 Å². The van der Waals surface area contributed by atoms with E-state index in [0.29, 0.717) is 34.0 Å². The van der Waals surface area contributed by atoms with E-state index in [9.17, 15) is 4.79 Å². The molecule has 0 radical (unpaired) electrons. The Kier molecular flexibility index (Phi) is 4.59. The molecule has 0 saturated heterocycles. The highest BCUT2D eigenvalue weighted by atomic mass is 16.5. The zero-order valence-corrected chi connectivity index (χ0v) is 15.3. The van der Waals surface area contributed by atoms with Gasteiger partial charge in [-0.05, 0) is 30.3 Å². The first-order valence-electron chi connectivity index (χ1n) is 8.48. The topological polar surface area (TPSA) is 102 Å². The van der Waals surface area contributed by atoms with Gasteiger partial charge in [-0.15, -0.1) is 0 Å². The number of anilines is 1. The number of rotatable bonds is 5. The Morgan fingerprint density at radius 2 is 1.86 bits per heavy atom. The lowest BCUT2D eigenvalue weighted by Gasteiger charge is -2.09. The van der Waals surface area contributed by atoms with Crippen LogP contribution in [0.1, 0.15) is 10.4 Å². The van der Waals surface area contributed by atoms with E-state index in [1.807, 2.05) is 24.3 Å². The molecule has 0 saturated carbocycles. The van der Waals surface area contributed by atoms with E-state index in [2.05, 4.69) is 25.3 Å². The number of fused-ring (bicyclic) bond motifs is 1. The summed E-state index contributed by atoms with van der Waals surface area (Å²) in [5.74, 6) is 1.56. The van der Waals surface area contributed by atoms with Crippen molar-refractivity contribution in [3.05, 3.63) is 60.6 Å². The molecule has 3 aromatic heterocycles. The highest BCUT2D eigenvalue weighted by molar-refractivity contribution is 6.11. The van der Waals surface area contributed by atoms with Crippen molar-refractivity contribution in [2.24, 2.45) is 0 Å². The number of aromatic amines is 1. The molecule has 1 amide bonds. The van der Waals surface area contributed by atoms with Crippen LogP contribution >= 0.6 is 0 Å². The molecule has 0 bridgehead atoms. The summed E-state index contributed by atoms with van der Waals surface area (Å²) < 4.78 is 10.4. The van der Waals surface area contributed by atoms with Gasteiger partial charge in [0.25, 0.3) is 5.91 Å². The molecule has 28 heavy (non-hydrogen) atoms. The fraction of sp³-hybridized carbons (Fsp3) is 0.100. The minimum absolute atomic E-state index is 0.327. The second-order valence-corrected chi connectivity index (χ2v) is 5.90. The Morgan fingerprint density at radius 3 is 2.61 bits per heavy atom. The molecule has 8 heteroatoms. The zero-order chi connectivity index (χ0) is 19.5. The van der Waals surface area contributed by atoms with Crippen LogP contribution < -0.4 is 14.8 Å². The van der Waals surface area contributed by atoms with Crippen molar-refractivity contribution >= 4 is 22.8 Å². The molecule has 0 atom stereocenters. The predicted octanol–water partition coefficient (Wildman–Crippen LogP) is 3.29. The van der Waals surface area contributed by atoms with Gasteiger partial charge in [-0.3, -0.25) is 9.78 Å². The van der Waals surface area contributed by atoms with E-state index in [1.54, 1.807) is 31.6 Å². The monoisotopic (exact) mass is 375 g/mol. The van der Waals surface area contributed by atoms with Crippen LogP contribution in [-0.2, 0) is 0 Å². The molecule has 0 aliphatic rings. The summed E-state index contributed by atoms with van der Waals surface area (Å²) in [5.41, 5.74) is 2.74. The molecule has 140 valence electrons. The van der Waals surface area contributed by atoms with Crippen LogP contribution in [-0.4, -0.2) is 40.1 Å². The van der Waals surface area contributed by atoms with E-state index in [1.165, 1.54) is 13.3 Å². The molecule has 0 fully saturated rings. The van der Waals surface area contributed by atoms with Crippen molar-refractivity contribution in [2.75, 3.05) is 19.5 Å². The van der Waals surface area contributed by atoms with E-state index in [0.717, 1.165) is 11.3 Å². The number of methoxy groups -OCH3 is 2. The summed E-state index contributed by atoms with van der Waals surface area (Å²) in [4.78, 5) is 28.9. The standard InChI is InChI=1S/C20H17N5O3/c1-27-13-5-3-12(4-6-13)18-24-17-14(7-10-22-19(17)25-18)20(26)23-15-11-21-9-8-16(15)28-2/h3-11H,1-2H3,(H,23,26)(H,22,24,25). The van der Waals surface area contributed by atoms with Gasteiger partial charge in [0, 0.05) is 24.0 Å². The molecule has 0 spiro atoms. The summed E-state index contributed by atoms with van der Waals surface area (Å²) in [6, 6.07) is 10.8. The highest BCUT2D eigenvalue weighted by Gasteiger charge is 2.17. The van der Waals surface area contributed by atoms with Crippen molar-refractivity contribution < 1.29 is 14.3 Å². The van der Waals surface area contributed by atoms with E-state index < -0.39 is 0 Å². The molecule has 0 aliphatic carbocycles. The third kappa shape index (κ3) is 3.23. The van der Waals surface area contributed by atoms with Crippen molar-refractivity contribution in [3.63, 3.8) is 0 Å². The number of amides is 1. The third-order valence-electron chi connectivity index (χ3n) is 4.24. The lowest BCUT2D eigenvalue weighted by molar-refractivity contribution is 0.102. The Labute approximate surface area is 160 Å². The first-order chi connectivity index (χ1) is 13.7. The summed E-state index contributed by atoms with van der Waals surface area (Å²) in [6.45, 7) is 0. The maximum Gasteiger partial charge on any atom is 0.258 e. The van der Waals surface area contributed by atoms with E-state index in [4.69, 9.17) is 9.47 Å². The largest absolute Gasteiger partial charge is 0.497 e. The van der Waals surface area contributed by atoms with Gasteiger partial charge in [-0.1, -0.05) is 0 Å². The van der Waals surface area contributed by atoms with Gasteiger partial charge in [-0.25, -0.2) is 9.97 Å². The third-order valence-corrected chi connectivity index (χ3v) is 4.24. The number of pyridine rings is 2. The number of H-pyrrole nitrogens is 1. The number of nitrogens with one attached hydrogen (secondary N) is 2. The SMILES string of the molecule is COc1ccc(-c2nc3c(C(=O)Nc4cnccc4OC)ccnc3[nH]2)cc1.